The lowest BCUT2D eigenvalue weighted by Gasteiger charge is -2.36. The summed E-state index contributed by atoms with van der Waals surface area (Å²) < 4.78 is 0. The topological polar surface area (TPSA) is 121 Å². The molecule has 3 N–H and O–H groups in total. The van der Waals surface area contributed by atoms with Gasteiger partial charge in [-0.2, -0.15) is 0 Å². The summed E-state index contributed by atoms with van der Waals surface area (Å²) in [4.78, 5) is 28.8. The first-order valence-electron chi connectivity index (χ1n) is 12.4. The van der Waals surface area contributed by atoms with Crippen LogP contribution in [0.25, 0.3) is 0 Å². The number of aromatic nitrogens is 4. The van der Waals surface area contributed by atoms with E-state index in [2.05, 4.69) is 20.6 Å². The second-order valence-electron chi connectivity index (χ2n) is 10.5. The Balaban J connectivity index is 1.76. The maximum Gasteiger partial charge on any atom is 0.253 e. The van der Waals surface area contributed by atoms with Crippen LogP contribution in [0.3, 0.4) is 0 Å². The number of aromatic amines is 1. The number of fused-ring (bicyclic) bond motifs is 2. The van der Waals surface area contributed by atoms with Crippen LogP contribution in [-0.2, 0) is 18.3 Å². The van der Waals surface area contributed by atoms with Crippen molar-refractivity contribution in [1.29, 1.82) is 0 Å². The van der Waals surface area contributed by atoms with Crippen LogP contribution in [0.15, 0.2) is 36.4 Å². The van der Waals surface area contributed by atoms with Crippen LogP contribution in [-0.4, -0.2) is 76.5 Å². The van der Waals surface area contributed by atoms with Crippen molar-refractivity contribution in [1.82, 2.24) is 30.4 Å². The van der Waals surface area contributed by atoms with Crippen molar-refractivity contribution >= 4 is 11.8 Å². The number of amides is 2. The van der Waals surface area contributed by atoms with Crippen LogP contribution >= 0.6 is 0 Å². The Kier molecular flexibility index (Phi) is 6.12. The van der Waals surface area contributed by atoms with E-state index in [1.165, 1.54) is 0 Å². The normalized spacial score (nSPS) is 16.9. The van der Waals surface area contributed by atoms with Crippen LogP contribution in [0.4, 0.5) is 0 Å². The lowest BCUT2D eigenvalue weighted by molar-refractivity contribution is 0.0820. The molecule has 5 rings (SSSR count). The molecule has 0 unspecified atom stereocenters. The zero-order valence-electron chi connectivity index (χ0n) is 21.3. The van der Waals surface area contributed by atoms with Gasteiger partial charge >= 0.3 is 0 Å². The SMILES string of the molecule is CN(C)C(=O)c1ccc2c(c1)CCc1cc(C(=O)N(C)C)ccc1C2(C[C@H](N)C1CC1)c1nnn[nH]1. The van der Waals surface area contributed by atoms with Crippen molar-refractivity contribution in [3.05, 3.63) is 75.6 Å². The van der Waals surface area contributed by atoms with Crippen LogP contribution in [0, 0.1) is 5.92 Å². The molecule has 0 spiro atoms. The standard InChI is InChI=1S/C27H33N7O2/c1-33(2)24(35)19-9-11-21-17(13-19)7-8-18-14-20(25(36)34(3)4)10-12-22(18)27(21,26-29-31-32-30-26)15-23(28)16-5-6-16/h9-14,16,23H,5-8,15,28H2,1-4H3,(H,29,30,31,32)/t23-/m0/s1. The summed E-state index contributed by atoms with van der Waals surface area (Å²) in [5.74, 6) is 1.01. The fraction of sp³-hybridized carbons (Fsp3) is 0.444. The fourth-order valence-electron chi connectivity index (χ4n) is 5.59. The van der Waals surface area contributed by atoms with Crippen molar-refractivity contribution in [2.75, 3.05) is 28.2 Å². The third kappa shape index (κ3) is 4.07. The molecule has 0 aliphatic heterocycles. The minimum Gasteiger partial charge on any atom is -0.345 e. The number of hydrogen-bond donors (Lipinski definition) is 2. The maximum absolute atomic E-state index is 12.8. The number of carbonyl (C=O) groups is 2. The summed E-state index contributed by atoms with van der Waals surface area (Å²) in [6.45, 7) is 0. The van der Waals surface area contributed by atoms with Gasteiger partial charge in [0.05, 0.1) is 5.41 Å². The molecule has 36 heavy (non-hydrogen) atoms. The molecule has 9 heteroatoms. The molecule has 1 aromatic heterocycles. The Morgan fingerprint density at radius 3 is 1.92 bits per heavy atom. The third-order valence-electron chi connectivity index (χ3n) is 7.62. The van der Waals surface area contributed by atoms with Crippen molar-refractivity contribution in [3.63, 3.8) is 0 Å². The lowest BCUT2D eigenvalue weighted by Crippen LogP contribution is -2.40. The summed E-state index contributed by atoms with van der Waals surface area (Å²) in [7, 11) is 7.02. The van der Waals surface area contributed by atoms with Gasteiger partial charge in [-0.05, 0) is 95.0 Å². The van der Waals surface area contributed by atoms with Gasteiger partial charge in [-0.25, -0.2) is 5.10 Å². The Labute approximate surface area is 211 Å². The van der Waals surface area contributed by atoms with E-state index in [1.54, 1.807) is 38.0 Å². The molecule has 1 fully saturated rings. The zero-order valence-corrected chi connectivity index (χ0v) is 21.3. The van der Waals surface area contributed by atoms with E-state index in [9.17, 15) is 9.59 Å². The van der Waals surface area contributed by atoms with Gasteiger partial charge in [0.15, 0.2) is 5.82 Å². The summed E-state index contributed by atoms with van der Waals surface area (Å²) >= 11 is 0. The van der Waals surface area contributed by atoms with E-state index in [4.69, 9.17) is 5.73 Å². The summed E-state index contributed by atoms with van der Waals surface area (Å²) in [6.07, 6.45) is 4.31. The molecule has 0 radical (unpaired) electrons. The van der Waals surface area contributed by atoms with Gasteiger partial charge in [0, 0.05) is 45.4 Å². The van der Waals surface area contributed by atoms with E-state index in [1.807, 2.05) is 36.4 Å². The average molecular weight is 488 g/mol. The van der Waals surface area contributed by atoms with Gasteiger partial charge in [0.25, 0.3) is 11.8 Å². The second kappa shape index (κ2) is 9.13. The Morgan fingerprint density at radius 1 is 0.972 bits per heavy atom. The van der Waals surface area contributed by atoms with E-state index in [0.29, 0.717) is 29.3 Å². The third-order valence-corrected chi connectivity index (χ3v) is 7.62. The highest BCUT2D eigenvalue weighted by Gasteiger charge is 2.47. The van der Waals surface area contributed by atoms with Crippen molar-refractivity contribution < 1.29 is 9.59 Å². The highest BCUT2D eigenvalue weighted by molar-refractivity contribution is 5.95. The number of carbonyl (C=O) groups excluding carboxylic acids is 2. The Morgan fingerprint density at radius 2 is 1.50 bits per heavy atom. The van der Waals surface area contributed by atoms with Gasteiger partial charge in [0.1, 0.15) is 0 Å². The fourth-order valence-corrected chi connectivity index (χ4v) is 5.59. The van der Waals surface area contributed by atoms with E-state index in [0.717, 1.165) is 47.9 Å². The molecule has 188 valence electrons. The van der Waals surface area contributed by atoms with E-state index < -0.39 is 5.41 Å². The molecule has 1 saturated carbocycles. The van der Waals surface area contributed by atoms with Gasteiger partial charge in [-0.15, -0.1) is 5.10 Å². The van der Waals surface area contributed by atoms with Gasteiger partial charge in [0.2, 0.25) is 0 Å². The largest absolute Gasteiger partial charge is 0.345 e. The molecule has 2 amide bonds. The molecule has 0 bridgehead atoms. The number of H-pyrrole nitrogens is 1. The van der Waals surface area contributed by atoms with Crippen molar-refractivity contribution in [3.8, 4) is 0 Å². The van der Waals surface area contributed by atoms with Gasteiger partial charge in [-0.1, -0.05) is 12.1 Å². The van der Waals surface area contributed by atoms with Gasteiger partial charge in [-0.3, -0.25) is 9.59 Å². The molecular weight excluding hydrogens is 454 g/mol. The second-order valence-corrected chi connectivity index (χ2v) is 10.5. The minimum absolute atomic E-state index is 0.0416. The summed E-state index contributed by atoms with van der Waals surface area (Å²) in [6, 6.07) is 11.8. The van der Waals surface area contributed by atoms with E-state index >= 15 is 0 Å². The van der Waals surface area contributed by atoms with E-state index in [-0.39, 0.29) is 17.9 Å². The number of tetrazole rings is 1. The lowest BCUT2D eigenvalue weighted by atomic mass is 9.67. The molecular formula is C27H33N7O2. The molecule has 0 saturated heterocycles. The highest BCUT2D eigenvalue weighted by Crippen LogP contribution is 2.49. The number of rotatable bonds is 6. The summed E-state index contributed by atoms with van der Waals surface area (Å²) in [5.41, 5.74) is 11.6. The first-order valence-corrected chi connectivity index (χ1v) is 12.4. The smallest absolute Gasteiger partial charge is 0.253 e. The van der Waals surface area contributed by atoms with Crippen LogP contribution in [0.5, 0.6) is 0 Å². The monoisotopic (exact) mass is 487 g/mol. The van der Waals surface area contributed by atoms with Crippen LogP contribution in [0.1, 0.15) is 68.1 Å². The van der Waals surface area contributed by atoms with Crippen molar-refractivity contribution in [2.45, 2.75) is 43.6 Å². The molecule has 2 aliphatic rings. The quantitative estimate of drug-likeness (QED) is 0.550. The number of nitrogens with one attached hydrogen (secondary N) is 1. The minimum atomic E-state index is -0.730. The average Bonchev–Trinajstić information content (AvgIpc) is 3.60. The molecule has 1 heterocycles. The first-order chi connectivity index (χ1) is 17.2. The maximum atomic E-state index is 12.8. The number of aryl methyl sites for hydroxylation is 2. The zero-order chi connectivity index (χ0) is 25.6. The van der Waals surface area contributed by atoms with Crippen LogP contribution in [0.2, 0.25) is 0 Å². The van der Waals surface area contributed by atoms with Gasteiger partial charge < -0.3 is 15.5 Å². The molecule has 3 aromatic rings. The molecule has 1 atom stereocenters. The molecule has 2 aromatic carbocycles. The Bertz CT molecular complexity index is 1220. The predicted octanol–water partition coefficient (Wildman–Crippen LogP) is 2.16. The number of benzene rings is 2. The summed E-state index contributed by atoms with van der Waals surface area (Å²) in [5, 5.41) is 15.4. The predicted molar refractivity (Wildman–Crippen MR) is 136 cm³/mol. The number of nitrogens with two attached hydrogens (primary N) is 1. The first kappa shape index (κ1) is 24.1. The Hall–Kier alpha value is -3.59. The van der Waals surface area contributed by atoms with Crippen molar-refractivity contribution in [2.24, 2.45) is 11.7 Å². The molecule has 2 aliphatic carbocycles. The molecule has 9 nitrogen and oxygen atoms in total. The number of nitrogens with zero attached hydrogens (tertiary/aromatic N) is 5. The highest BCUT2D eigenvalue weighted by atomic mass is 16.2. The number of hydrogen-bond acceptors (Lipinski definition) is 6. The van der Waals surface area contributed by atoms with Crippen LogP contribution < -0.4 is 5.73 Å².